The Morgan fingerprint density at radius 2 is 2.29 bits per heavy atom. The molecule has 4 rings (SSSR count). The van der Waals surface area contributed by atoms with Crippen LogP contribution in [0.4, 0.5) is 0 Å². The molecule has 2 aliphatic heterocycles. The number of benzene rings is 1. The predicted molar refractivity (Wildman–Crippen MR) is 91.7 cm³/mol. The molecule has 1 unspecified atom stereocenters. The summed E-state index contributed by atoms with van der Waals surface area (Å²) in [5.74, 6) is 1.56. The fraction of sp³-hybridized carbons (Fsp3) is 0.412. The summed E-state index contributed by atoms with van der Waals surface area (Å²) in [6.07, 6.45) is 3.80. The molecule has 126 valence electrons. The van der Waals surface area contributed by atoms with E-state index in [4.69, 9.17) is 9.47 Å². The number of thiazole rings is 1. The van der Waals surface area contributed by atoms with Crippen molar-refractivity contribution in [2.45, 2.75) is 18.9 Å². The number of nitrogens with zero attached hydrogens (tertiary/aromatic N) is 2. The fourth-order valence-electron chi connectivity index (χ4n) is 3.23. The van der Waals surface area contributed by atoms with Crippen molar-refractivity contribution in [3.8, 4) is 22.1 Å². The van der Waals surface area contributed by atoms with E-state index in [-0.39, 0.29) is 18.7 Å². The van der Waals surface area contributed by atoms with Crippen molar-refractivity contribution in [1.82, 2.24) is 15.2 Å². The number of fused-ring (bicyclic) bond motifs is 1. The summed E-state index contributed by atoms with van der Waals surface area (Å²) < 4.78 is 10.7. The van der Waals surface area contributed by atoms with Crippen molar-refractivity contribution < 1.29 is 14.3 Å². The number of carbonyl (C=O) groups is 1. The average molecular weight is 345 g/mol. The van der Waals surface area contributed by atoms with Crippen LogP contribution in [-0.4, -0.2) is 48.8 Å². The maximum absolute atomic E-state index is 12.8. The van der Waals surface area contributed by atoms with Crippen molar-refractivity contribution in [3.05, 3.63) is 29.3 Å². The molecule has 1 atom stereocenters. The van der Waals surface area contributed by atoms with Crippen LogP contribution < -0.4 is 14.8 Å². The predicted octanol–water partition coefficient (Wildman–Crippen LogP) is 2.36. The van der Waals surface area contributed by atoms with Crippen molar-refractivity contribution >= 4 is 17.2 Å². The molecule has 7 heteroatoms. The highest BCUT2D eigenvalue weighted by Gasteiger charge is 2.30. The Kier molecular flexibility index (Phi) is 4.12. The molecule has 6 nitrogen and oxygen atoms in total. The standard InChI is InChI=1S/C17H19N3O3S/c1-18-8-12-3-2-6-20(12)17(21)15-9-19-16(24-15)11-4-5-13-14(7-11)23-10-22-13/h4-5,7,9,12,18H,2-3,6,8,10H2,1H3. The third-order valence-corrected chi connectivity index (χ3v) is 5.45. The number of hydrogen-bond donors (Lipinski definition) is 1. The number of aromatic nitrogens is 1. The summed E-state index contributed by atoms with van der Waals surface area (Å²) in [6.45, 7) is 1.91. The summed E-state index contributed by atoms with van der Waals surface area (Å²) >= 11 is 1.43. The lowest BCUT2D eigenvalue weighted by Crippen LogP contribution is -2.40. The van der Waals surface area contributed by atoms with E-state index >= 15 is 0 Å². The fourth-order valence-corrected chi connectivity index (χ4v) is 4.10. The Balaban J connectivity index is 1.55. The minimum absolute atomic E-state index is 0.0808. The van der Waals surface area contributed by atoms with Crippen molar-refractivity contribution in [2.75, 3.05) is 26.9 Å². The van der Waals surface area contributed by atoms with Crippen LogP contribution in [0.15, 0.2) is 24.4 Å². The molecule has 2 aliphatic rings. The molecule has 24 heavy (non-hydrogen) atoms. The van der Waals surface area contributed by atoms with Crippen LogP contribution in [0.1, 0.15) is 22.5 Å². The van der Waals surface area contributed by atoms with Gasteiger partial charge in [-0.2, -0.15) is 0 Å². The lowest BCUT2D eigenvalue weighted by atomic mass is 10.2. The van der Waals surface area contributed by atoms with E-state index in [1.54, 1.807) is 6.20 Å². The minimum Gasteiger partial charge on any atom is -0.454 e. The first-order valence-electron chi connectivity index (χ1n) is 8.07. The second-order valence-corrected chi connectivity index (χ2v) is 6.98. The number of rotatable bonds is 4. The van der Waals surface area contributed by atoms with E-state index in [2.05, 4.69) is 10.3 Å². The molecule has 1 amide bonds. The molecule has 1 saturated heterocycles. The van der Waals surface area contributed by atoms with Gasteiger partial charge in [0.15, 0.2) is 11.5 Å². The zero-order valence-corrected chi connectivity index (χ0v) is 14.3. The van der Waals surface area contributed by atoms with Gasteiger partial charge in [0.2, 0.25) is 6.79 Å². The Morgan fingerprint density at radius 3 is 3.17 bits per heavy atom. The first kappa shape index (κ1) is 15.4. The highest BCUT2D eigenvalue weighted by atomic mass is 32.1. The number of hydrogen-bond acceptors (Lipinski definition) is 6. The van der Waals surface area contributed by atoms with Gasteiger partial charge in [0, 0.05) is 24.7 Å². The molecule has 3 heterocycles. The zero-order chi connectivity index (χ0) is 16.5. The van der Waals surface area contributed by atoms with Gasteiger partial charge in [-0.05, 0) is 38.1 Å². The van der Waals surface area contributed by atoms with Gasteiger partial charge in [0.05, 0.1) is 6.20 Å². The third kappa shape index (κ3) is 2.74. The van der Waals surface area contributed by atoms with E-state index in [0.717, 1.165) is 48.0 Å². The SMILES string of the molecule is CNCC1CCCN1C(=O)c1cnc(-c2ccc3c(c2)OCO3)s1. The summed E-state index contributed by atoms with van der Waals surface area (Å²) in [6, 6.07) is 6.01. The molecule has 1 N–H and O–H groups in total. The first-order chi connectivity index (χ1) is 11.8. The topological polar surface area (TPSA) is 63.7 Å². The summed E-state index contributed by atoms with van der Waals surface area (Å²) in [5.41, 5.74) is 0.941. The number of ether oxygens (including phenoxy) is 2. The molecule has 0 spiro atoms. The molecular weight excluding hydrogens is 326 g/mol. The Bertz CT molecular complexity index is 761. The monoisotopic (exact) mass is 345 g/mol. The molecule has 0 bridgehead atoms. The van der Waals surface area contributed by atoms with Gasteiger partial charge in [0.1, 0.15) is 9.88 Å². The summed E-state index contributed by atoms with van der Waals surface area (Å²) in [4.78, 5) is 19.9. The average Bonchev–Trinajstić information content (AvgIpc) is 3.33. The smallest absolute Gasteiger partial charge is 0.265 e. The van der Waals surface area contributed by atoms with Crippen molar-refractivity contribution in [2.24, 2.45) is 0 Å². The largest absolute Gasteiger partial charge is 0.454 e. The van der Waals surface area contributed by atoms with Gasteiger partial charge in [-0.3, -0.25) is 4.79 Å². The highest BCUT2D eigenvalue weighted by molar-refractivity contribution is 7.16. The Hall–Kier alpha value is -2.12. The van der Waals surface area contributed by atoms with Crippen molar-refractivity contribution in [1.29, 1.82) is 0 Å². The number of likely N-dealkylation sites (N-methyl/N-ethyl adjacent to an activating group) is 1. The van der Waals surface area contributed by atoms with Crippen LogP contribution in [0, 0.1) is 0 Å². The molecule has 0 aliphatic carbocycles. The van der Waals surface area contributed by atoms with E-state index < -0.39 is 0 Å². The molecule has 0 radical (unpaired) electrons. The molecule has 0 saturated carbocycles. The first-order valence-corrected chi connectivity index (χ1v) is 8.89. The van der Waals surface area contributed by atoms with Crippen LogP contribution in [0.2, 0.25) is 0 Å². The second kappa shape index (κ2) is 6.41. The quantitative estimate of drug-likeness (QED) is 0.922. The maximum atomic E-state index is 12.8. The van der Waals surface area contributed by atoms with Gasteiger partial charge in [-0.25, -0.2) is 4.98 Å². The minimum atomic E-state index is 0.0808. The zero-order valence-electron chi connectivity index (χ0n) is 13.4. The van der Waals surface area contributed by atoms with Crippen LogP contribution in [0.3, 0.4) is 0 Å². The Labute approximate surface area is 144 Å². The van der Waals surface area contributed by atoms with Crippen LogP contribution >= 0.6 is 11.3 Å². The molecule has 1 aromatic carbocycles. The van der Waals surface area contributed by atoms with Gasteiger partial charge in [0.25, 0.3) is 5.91 Å². The summed E-state index contributed by atoms with van der Waals surface area (Å²) in [7, 11) is 1.92. The van der Waals surface area contributed by atoms with Gasteiger partial charge < -0.3 is 19.7 Å². The third-order valence-electron chi connectivity index (χ3n) is 4.41. The molecular formula is C17H19N3O3S. The number of carbonyl (C=O) groups excluding carboxylic acids is 1. The summed E-state index contributed by atoms with van der Waals surface area (Å²) in [5, 5.41) is 3.99. The van der Waals surface area contributed by atoms with E-state index in [1.807, 2.05) is 30.1 Å². The van der Waals surface area contributed by atoms with Crippen LogP contribution in [0.25, 0.3) is 10.6 Å². The molecule has 1 fully saturated rings. The molecule has 1 aromatic heterocycles. The highest BCUT2D eigenvalue weighted by Crippen LogP contribution is 2.37. The van der Waals surface area contributed by atoms with E-state index in [9.17, 15) is 4.79 Å². The Morgan fingerprint density at radius 1 is 1.42 bits per heavy atom. The number of amides is 1. The number of nitrogens with one attached hydrogen (secondary N) is 1. The normalized spacial score (nSPS) is 19.0. The van der Waals surface area contributed by atoms with Crippen molar-refractivity contribution in [3.63, 3.8) is 0 Å². The van der Waals surface area contributed by atoms with Gasteiger partial charge in [-0.1, -0.05) is 0 Å². The van der Waals surface area contributed by atoms with Crippen LogP contribution in [-0.2, 0) is 0 Å². The number of likely N-dealkylation sites (tertiary alicyclic amines) is 1. The van der Waals surface area contributed by atoms with Gasteiger partial charge >= 0.3 is 0 Å². The van der Waals surface area contributed by atoms with Gasteiger partial charge in [-0.15, -0.1) is 11.3 Å². The molecule has 2 aromatic rings. The lowest BCUT2D eigenvalue weighted by molar-refractivity contribution is 0.0741. The second-order valence-electron chi connectivity index (χ2n) is 5.95. The van der Waals surface area contributed by atoms with E-state index in [0.29, 0.717) is 4.88 Å². The maximum Gasteiger partial charge on any atom is 0.265 e. The van der Waals surface area contributed by atoms with E-state index in [1.165, 1.54) is 11.3 Å². The van der Waals surface area contributed by atoms with Crippen LogP contribution in [0.5, 0.6) is 11.5 Å². The lowest BCUT2D eigenvalue weighted by Gasteiger charge is -2.23.